The second kappa shape index (κ2) is 3.32. The Kier molecular flexibility index (Phi) is 2.82. The number of halogens is 1. The van der Waals surface area contributed by atoms with Crippen molar-refractivity contribution in [3.8, 4) is 0 Å². The van der Waals surface area contributed by atoms with Crippen molar-refractivity contribution < 1.29 is 4.74 Å². The molecule has 0 aromatic carbocycles. The SMILES string of the molecule is C[C](Cl)OC1(CC(C)C)CC1. The van der Waals surface area contributed by atoms with Crippen molar-refractivity contribution in [3.05, 3.63) is 5.56 Å². The van der Waals surface area contributed by atoms with Crippen LogP contribution in [0.25, 0.3) is 0 Å². The van der Waals surface area contributed by atoms with E-state index in [1.54, 1.807) is 0 Å². The minimum Gasteiger partial charge on any atom is -0.349 e. The second-order valence-electron chi connectivity index (χ2n) is 3.85. The van der Waals surface area contributed by atoms with Gasteiger partial charge in [-0.05, 0) is 32.1 Å². The van der Waals surface area contributed by atoms with Crippen LogP contribution < -0.4 is 0 Å². The summed E-state index contributed by atoms with van der Waals surface area (Å²) in [5.74, 6) is 0.702. The van der Waals surface area contributed by atoms with E-state index in [-0.39, 0.29) is 5.60 Å². The van der Waals surface area contributed by atoms with Crippen LogP contribution >= 0.6 is 11.6 Å². The molecule has 0 N–H and O–H groups in total. The van der Waals surface area contributed by atoms with Crippen LogP contribution in [0.2, 0.25) is 0 Å². The average Bonchev–Trinajstić information content (AvgIpc) is 2.43. The van der Waals surface area contributed by atoms with E-state index in [9.17, 15) is 0 Å². The Labute approximate surface area is 74.1 Å². The molecule has 0 aliphatic heterocycles. The summed E-state index contributed by atoms with van der Waals surface area (Å²) in [6, 6.07) is 0. The van der Waals surface area contributed by atoms with E-state index in [0.717, 1.165) is 6.42 Å². The monoisotopic (exact) mass is 175 g/mol. The van der Waals surface area contributed by atoms with Gasteiger partial charge in [0.15, 0.2) is 5.56 Å². The minimum absolute atomic E-state index is 0.125. The van der Waals surface area contributed by atoms with Gasteiger partial charge in [0.1, 0.15) is 0 Å². The molecule has 65 valence electrons. The molecule has 0 aromatic heterocycles. The molecule has 0 atom stereocenters. The predicted molar refractivity (Wildman–Crippen MR) is 47.3 cm³/mol. The molecular weight excluding hydrogens is 160 g/mol. The van der Waals surface area contributed by atoms with E-state index in [0.29, 0.717) is 11.5 Å². The van der Waals surface area contributed by atoms with Gasteiger partial charge in [-0.2, -0.15) is 0 Å². The van der Waals surface area contributed by atoms with Crippen LogP contribution in [-0.4, -0.2) is 5.60 Å². The number of hydrogen-bond acceptors (Lipinski definition) is 1. The molecule has 0 unspecified atom stereocenters. The fourth-order valence-corrected chi connectivity index (χ4v) is 1.69. The molecule has 0 bridgehead atoms. The lowest BCUT2D eigenvalue weighted by atomic mass is 10.0. The third-order valence-corrected chi connectivity index (χ3v) is 2.02. The first kappa shape index (κ1) is 9.34. The Morgan fingerprint density at radius 3 is 2.36 bits per heavy atom. The maximum atomic E-state index is 5.68. The highest BCUT2D eigenvalue weighted by molar-refractivity contribution is 6.25. The van der Waals surface area contributed by atoms with Crippen LogP contribution in [0, 0.1) is 11.5 Å². The van der Waals surface area contributed by atoms with Gasteiger partial charge in [0.25, 0.3) is 0 Å². The molecule has 1 radical (unpaired) electrons. The van der Waals surface area contributed by atoms with Gasteiger partial charge in [0.2, 0.25) is 0 Å². The Balaban J connectivity index is 2.29. The summed E-state index contributed by atoms with van der Waals surface area (Å²) in [6.07, 6.45) is 3.49. The van der Waals surface area contributed by atoms with Crippen molar-refractivity contribution in [2.75, 3.05) is 0 Å². The average molecular weight is 176 g/mol. The Bertz CT molecular complexity index is 116. The van der Waals surface area contributed by atoms with Crippen LogP contribution in [-0.2, 0) is 4.74 Å². The summed E-state index contributed by atoms with van der Waals surface area (Å²) >= 11 is 5.68. The second-order valence-corrected chi connectivity index (χ2v) is 4.39. The van der Waals surface area contributed by atoms with Crippen LogP contribution in [0.1, 0.15) is 40.0 Å². The standard InChI is InChI=1S/C9H16ClO/c1-7(2)6-9(4-5-9)11-8(3)10/h7H,4-6H2,1-3H3. The van der Waals surface area contributed by atoms with Gasteiger partial charge in [-0.1, -0.05) is 25.4 Å². The van der Waals surface area contributed by atoms with Gasteiger partial charge in [-0.15, -0.1) is 0 Å². The normalized spacial score (nSPS) is 21.3. The van der Waals surface area contributed by atoms with Crippen molar-refractivity contribution in [3.63, 3.8) is 0 Å². The van der Waals surface area contributed by atoms with E-state index >= 15 is 0 Å². The first-order chi connectivity index (χ1) is 5.04. The van der Waals surface area contributed by atoms with Gasteiger partial charge in [0.05, 0.1) is 5.60 Å². The molecule has 1 aliphatic rings. The highest BCUT2D eigenvalue weighted by Crippen LogP contribution is 2.47. The van der Waals surface area contributed by atoms with E-state index in [1.807, 2.05) is 6.92 Å². The maximum Gasteiger partial charge on any atom is 0.182 e. The van der Waals surface area contributed by atoms with E-state index in [1.165, 1.54) is 12.8 Å². The molecule has 0 saturated heterocycles. The van der Waals surface area contributed by atoms with Gasteiger partial charge in [0, 0.05) is 0 Å². The fourth-order valence-electron chi connectivity index (χ4n) is 1.53. The number of rotatable bonds is 4. The summed E-state index contributed by atoms with van der Waals surface area (Å²) in [5.41, 5.74) is 0.711. The van der Waals surface area contributed by atoms with E-state index in [4.69, 9.17) is 16.3 Å². The zero-order valence-corrected chi connectivity index (χ0v) is 8.24. The van der Waals surface area contributed by atoms with E-state index < -0.39 is 0 Å². The van der Waals surface area contributed by atoms with Crippen molar-refractivity contribution in [1.29, 1.82) is 0 Å². The molecule has 1 rings (SSSR count). The fraction of sp³-hybridized carbons (Fsp3) is 0.889. The Morgan fingerprint density at radius 1 is 1.55 bits per heavy atom. The Hall–Kier alpha value is 0.250. The lowest BCUT2D eigenvalue weighted by molar-refractivity contribution is 0.0553. The van der Waals surface area contributed by atoms with E-state index in [2.05, 4.69) is 13.8 Å². The minimum atomic E-state index is 0.125. The molecule has 0 amide bonds. The van der Waals surface area contributed by atoms with Crippen molar-refractivity contribution in [1.82, 2.24) is 0 Å². The summed E-state index contributed by atoms with van der Waals surface area (Å²) < 4.78 is 5.54. The molecule has 0 aromatic rings. The van der Waals surface area contributed by atoms with Crippen LogP contribution in [0.5, 0.6) is 0 Å². The molecule has 1 nitrogen and oxygen atoms in total. The predicted octanol–water partition coefficient (Wildman–Crippen LogP) is 3.33. The van der Waals surface area contributed by atoms with Gasteiger partial charge < -0.3 is 4.74 Å². The topological polar surface area (TPSA) is 9.23 Å². The van der Waals surface area contributed by atoms with Gasteiger partial charge in [-0.3, -0.25) is 0 Å². The van der Waals surface area contributed by atoms with Crippen LogP contribution in [0.4, 0.5) is 0 Å². The lowest BCUT2D eigenvalue weighted by Crippen LogP contribution is -2.16. The summed E-state index contributed by atoms with van der Waals surface area (Å²) in [4.78, 5) is 0. The zero-order chi connectivity index (χ0) is 8.48. The van der Waals surface area contributed by atoms with Crippen LogP contribution in [0.3, 0.4) is 0 Å². The number of ether oxygens (including phenoxy) is 1. The van der Waals surface area contributed by atoms with Crippen molar-refractivity contribution >= 4 is 11.6 Å². The molecule has 1 aliphatic carbocycles. The molecule has 1 saturated carbocycles. The molecule has 0 spiro atoms. The third-order valence-electron chi connectivity index (χ3n) is 1.95. The summed E-state index contributed by atoms with van der Waals surface area (Å²) in [5, 5.41) is 0. The maximum absolute atomic E-state index is 5.68. The number of hydrogen-bond donors (Lipinski definition) is 0. The third kappa shape index (κ3) is 3.00. The molecule has 1 fully saturated rings. The zero-order valence-electron chi connectivity index (χ0n) is 7.48. The molecule has 0 heterocycles. The van der Waals surface area contributed by atoms with Crippen molar-refractivity contribution in [2.45, 2.75) is 45.6 Å². The summed E-state index contributed by atoms with van der Waals surface area (Å²) in [7, 11) is 0. The lowest BCUT2D eigenvalue weighted by Gasteiger charge is -2.19. The summed E-state index contributed by atoms with van der Waals surface area (Å²) in [6.45, 7) is 6.24. The highest BCUT2D eigenvalue weighted by Gasteiger charge is 2.45. The first-order valence-corrected chi connectivity index (χ1v) is 4.60. The quantitative estimate of drug-likeness (QED) is 0.637. The Morgan fingerprint density at radius 2 is 2.09 bits per heavy atom. The van der Waals surface area contributed by atoms with Crippen molar-refractivity contribution in [2.24, 2.45) is 5.92 Å². The largest absolute Gasteiger partial charge is 0.349 e. The van der Waals surface area contributed by atoms with Gasteiger partial charge in [-0.25, -0.2) is 0 Å². The first-order valence-electron chi connectivity index (χ1n) is 4.22. The molecule has 2 heteroatoms. The highest BCUT2D eigenvalue weighted by atomic mass is 35.5. The van der Waals surface area contributed by atoms with Gasteiger partial charge >= 0.3 is 0 Å². The molecular formula is C9H16ClO. The van der Waals surface area contributed by atoms with Crippen LogP contribution in [0.15, 0.2) is 0 Å². The molecule has 11 heavy (non-hydrogen) atoms. The smallest absolute Gasteiger partial charge is 0.182 e.